The van der Waals surface area contributed by atoms with E-state index < -0.39 is 0 Å². The summed E-state index contributed by atoms with van der Waals surface area (Å²) in [6.45, 7) is 4.39. The average molecular weight is 379 g/mol. The zero-order chi connectivity index (χ0) is 20.1. The van der Waals surface area contributed by atoms with Gasteiger partial charge in [0.15, 0.2) is 0 Å². The van der Waals surface area contributed by atoms with Crippen molar-refractivity contribution in [1.29, 1.82) is 0 Å². The number of carbonyl (C=O) groups is 3. The number of benzene rings is 2. The third kappa shape index (κ3) is 4.76. The smallest absolute Gasteiger partial charge is 0.255 e. The maximum atomic E-state index is 12.5. The van der Waals surface area contributed by atoms with Crippen LogP contribution in [0.4, 0.5) is 17.1 Å². The van der Waals surface area contributed by atoms with E-state index in [1.807, 2.05) is 26.0 Å². The highest BCUT2D eigenvalue weighted by molar-refractivity contribution is 6.05. The van der Waals surface area contributed by atoms with Crippen molar-refractivity contribution in [3.63, 3.8) is 0 Å². The van der Waals surface area contributed by atoms with Crippen LogP contribution < -0.4 is 15.5 Å². The number of piperidine rings is 1. The van der Waals surface area contributed by atoms with Gasteiger partial charge in [-0.15, -0.1) is 0 Å². The second kappa shape index (κ2) is 8.69. The highest BCUT2D eigenvalue weighted by Gasteiger charge is 2.19. The molecule has 0 spiro atoms. The third-order valence-electron chi connectivity index (χ3n) is 4.70. The van der Waals surface area contributed by atoms with Crippen LogP contribution in [0, 0.1) is 5.92 Å². The Morgan fingerprint density at radius 2 is 1.50 bits per heavy atom. The summed E-state index contributed by atoms with van der Waals surface area (Å²) in [4.78, 5) is 38.0. The lowest BCUT2D eigenvalue weighted by Crippen LogP contribution is -2.35. The number of nitrogens with one attached hydrogen (secondary N) is 2. The fourth-order valence-electron chi connectivity index (χ4n) is 3.00. The van der Waals surface area contributed by atoms with E-state index in [-0.39, 0.29) is 23.6 Å². The van der Waals surface area contributed by atoms with Crippen LogP contribution in [0.25, 0.3) is 0 Å². The van der Waals surface area contributed by atoms with Crippen LogP contribution in [-0.4, -0.2) is 24.3 Å². The van der Waals surface area contributed by atoms with E-state index in [2.05, 4.69) is 10.6 Å². The van der Waals surface area contributed by atoms with Crippen LogP contribution >= 0.6 is 0 Å². The summed E-state index contributed by atoms with van der Waals surface area (Å²) in [6.07, 6.45) is 2.52. The molecule has 1 heterocycles. The first-order chi connectivity index (χ1) is 13.4. The quantitative estimate of drug-likeness (QED) is 0.823. The Morgan fingerprint density at radius 3 is 2.07 bits per heavy atom. The number of hydrogen-bond donors (Lipinski definition) is 2. The van der Waals surface area contributed by atoms with E-state index in [1.165, 1.54) is 0 Å². The van der Waals surface area contributed by atoms with Gasteiger partial charge < -0.3 is 15.5 Å². The average Bonchev–Trinajstić information content (AvgIpc) is 2.70. The zero-order valence-electron chi connectivity index (χ0n) is 16.2. The molecule has 3 amide bonds. The lowest BCUT2D eigenvalue weighted by atomic mass is 10.1. The van der Waals surface area contributed by atoms with Crippen molar-refractivity contribution in [2.75, 3.05) is 22.1 Å². The van der Waals surface area contributed by atoms with E-state index in [0.29, 0.717) is 23.4 Å². The van der Waals surface area contributed by atoms with Gasteiger partial charge in [0.05, 0.1) is 0 Å². The van der Waals surface area contributed by atoms with Gasteiger partial charge in [0.2, 0.25) is 11.8 Å². The Bertz CT molecular complexity index is 858. The van der Waals surface area contributed by atoms with Gasteiger partial charge in [-0.1, -0.05) is 13.8 Å². The number of hydrogen-bond acceptors (Lipinski definition) is 3. The van der Waals surface area contributed by atoms with Crippen molar-refractivity contribution in [1.82, 2.24) is 0 Å². The van der Waals surface area contributed by atoms with Gasteiger partial charge in [0, 0.05) is 41.5 Å². The standard InChI is InChI=1S/C22H25N3O3/c1-15(2)21(27)23-17-8-10-18(11-9-17)24-22(28)16-6-12-19(13-7-16)25-14-4-3-5-20(25)26/h6-13,15H,3-5,14H2,1-2H3,(H,23,27)(H,24,28). The van der Waals surface area contributed by atoms with Crippen LogP contribution in [0.5, 0.6) is 0 Å². The molecule has 0 saturated carbocycles. The highest BCUT2D eigenvalue weighted by atomic mass is 16.2. The number of carbonyl (C=O) groups excluding carboxylic acids is 3. The predicted octanol–water partition coefficient (Wildman–Crippen LogP) is 4.05. The highest BCUT2D eigenvalue weighted by Crippen LogP contribution is 2.22. The molecule has 0 unspecified atom stereocenters. The number of nitrogens with zero attached hydrogens (tertiary/aromatic N) is 1. The summed E-state index contributed by atoms with van der Waals surface area (Å²) >= 11 is 0. The lowest BCUT2D eigenvalue weighted by molar-refractivity contribution is -0.120. The molecule has 1 saturated heterocycles. The molecule has 0 aliphatic carbocycles. The molecule has 2 aromatic rings. The zero-order valence-corrected chi connectivity index (χ0v) is 16.2. The van der Waals surface area contributed by atoms with Gasteiger partial charge in [0.1, 0.15) is 0 Å². The van der Waals surface area contributed by atoms with E-state index in [4.69, 9.17) is 0 Å². The third-order valence-corrected chi connectivity index (χ3v) is 4.70. The number of anilines is 3. The van der Waals surface area contributed by atoms with Crippen LogP contribution in [0.1, 0.15) is 43.5 Å². The molecule has 1 aliphatic rings. The van der Waals surface area contributed by atoms with Crippen LogP contribution in [0.2, 0.25) is 0 Å². The van der Waals surface area contributed by atoms with Crippen LogP contribution in [-0.2, 0) is 9.59 Å². The van der Waals surface area contributed by atoms with Gasteiger partial charge in [-0.25, -0.2) is 0 Å². The minimum atomic E-state index is -0.226. The Balaban J connectivity index is 1.61. The molecule has 3 rings (SSSR count). The Labute approximate surface area is 164 Å². The largest absolute Gasteiger partial charge is 0.326 e. The fraction of sp³-hybridized carbons (Fsp3) is 0.318. The first-order valence-corrected chi connectivity index (χ1v) is 9.57. The first kappa shape index (κ1) is 19.6. The molecule has 0 aromatic heterocycles. The molecule has 1 fully saturated rings. The summed E-state index contributed by atoms with van der Waals surface area (Å²) in [6, 6.07) is 14.1. The van der Waals surface area contributed by atoms with Crippen molar-refractivity contribution >= 4 is 34.8 Å². The Morgan fingerprint density at radius 1 is 0.893 bits per heavy atom. The van der Waals surface area contributed by atoms with Crippen LogP contribution in [0.3, 0.4) is 0 Å². The molecule has 2 N–H and O–H groups in total. The summed E-state index contributed by atoms with van der Waals surface area (Å²) in [5, 5.41) is 5.65. The minimum absolute atomic E-state index is 0.0518. The van der Waals surface area contributed by atoms with E-state index in [0.717, 1.165) is 25.1 Å². The van der Waals surface area contributed by atoms with Gasteiger partial charge in [0.25, 0.3) is 5.91 Å². The second-order valence-corrected chi connectivity index (χ2v) is 7.22. The maximum Gasteiger partial charge on any atom is 0.255 e. The molecular formula is C22H25N3O3. The fourth-order valence-corrected chi connectivity index (χ4v) is 3.00. The molecule has 2 aromatic carbocycles. The topological polar surface area (TPSA) is 78.5 Å². The number of amides is 3. The van der Waals surface area contributed by atoms with Gasteiger partial charge in [-0.3, -0.25) is 14.4 Å². The summed E-state index contributed by atoms with van der Waals surface area (Å²) in [7, 11) is 0. The van der Waals surface area contributed by atoms with Gasteiger partial charge >= 0.3 is 0 Å². The van der Waals surface area contributed by atoms with Gasteiger partial charge in [-0.05, 0) is 61.4 Å². The molecule has 6 nitrogen and oxygen atoms in total. The monoisotopic (exact) mass is 379 g/mol. The second-order valence-electron chi connectivity index (χ2n) is 7.22. The van der Waals surface area contributed by atoms with Crippen molar-refractivity contribution < 1.29 is 14.4 Å². The van der Waals surface area contributed by atoms with E-state index >= 15 is 0 Å². The van der Waals surface area contributed by atoms with E-state index in [9.17, 15) is 14.4 Å². The maximum absolute atomic E-state index is 12.5. The molecule has 28 heavy (non-hydrogen) atoms. The SMILES string of the molecule is CC(C)C(=O)Nc1ccc(NC(=O)c2ccc(N3CCCCC3=O)cc2)cc1. The lowest BCUT2D eigenvalue weighted by Gasteiger charge is -2.26. The molecule has 146 valence electrons. The number of rotatable bonds is 5. The van der Waals surface area contributed by atoms with Crippen molar-refractivity contribution in [3.05, 3.63) is 54.1 Å². The van der Waals surface area contributed by atoms with Crippen molar-refractivity contribution in [2.45, 2.75) is 33.1 Å². The molecule has 0 bridgehead atoms. The predicted molar refractivity (Wildman–Crippen MR) is 111 cm³/mol. The molecule has 1 aliphatic heterocycles. The Hall–Kier alpha value is -3.15. The van der Waals surface area contributed by atoms with Crippen molar-refractivity contribution in [3.8, 4) is 0 Å². The Kier molecular flexibility index (Phi) is 6.09. The molecule has 6 heteroatoms. The summed E-state index contributed by atoms with van der Waals surface area (Å²) in [5.74, 6) is -0.241. The molecule has 0 atom stereocenters. The first-order valence-electron chi connectivity index (χ1n) is 9.57. The summed E-state index contributed by atoms with van der Waals surface area (Å²) < 4.78 is 0. The van der Waals surface area contributed by atoms with Crippen molar-refractivity contribution in [2.24, 2.45) is 5.92 Å². The minimum Gasteiger partial charge on any atom is -0.326 e. The molecule has 0 radical (unpaired) electrons. The normalized spacial score (nSPS) is 14.1. The molecular weight excluding hydrogens is 354 g/mol. The van der Waals surface area contributed by atoms with E-state index in [1.54, 1.807) is 41.3 Å². The van der Waals surface area contributed by atoms with Crippen LogP contribution in [0.15, 0.2) is 48.5 Å². The summed E-state index contributed by atoms with van der Waals surface area (Å²) in [5.41, 5.74) is 2.67. The van der Waals surface area contributed by atoms with Gasteiger partial charge in [-0.2, -0.15) is 0 Å².